The molecule has 0 aromatic carbocycles. The van der Waals surface area contributed by atoms with Crippen molar-refractivity contribution >= 4 is 40.7 Å². The van der Waals surface area contributed by atoms with E-state index in [0.717, 1.165) is 19.3 Å². The van der Waals surface area contributed by atoms with Gasteiger partial charge in [-0.1, -0.05) is 72.4 Å². The fourth-order valence-electron chi connectivity index (χ4n) is 6.07. The molecule has 11 heteroatoms. The second-order valence-corrected chi connectivity index (χ2v) is 15.0. The molecule has 3 rings (SSSR count). The fraction of sp³-hybridized carbons (Fsp3) is 0.667. The Morgan fingerprint density at radius 1 is 1.16 bits per heavy atom. The van der Waals surface area contributed by atoms with Crippen molar-refractivity contribution in [2.75, 3.05) is 6.54 Å². The van der Waals surface area contributed by atoms with Crippen molar-refractivity contribution in [3.05, 3.63) is 23.4 Å². The zero-order valence-corrected chi connectivity index (χ0v) is 27.5. The molecule has 0 spiro atoms. The van der Waals surface area contributed by atoms with E-state index in [1.54, 1.807) is 17.0 Å². The van der Waals surface area contributed by atoms with Gasteiger partial charge in [-0.05, 0) is 42.1 Å². The van der Waals surface area contributed by atoms with Gasteiger partial charge in [-0.15, -0.1) is 0 Å². The molecule has 2 fully saturated rings. The van der Waals surface area contributed by atoms with Crippen molar-refractivity contribution < 1.29 is 23.9 Å². The standard InChI is InChI=1S/C33H46ClN5O5/c1-32(2,3)16-23(38-19-35)14-25(33(4,5)6)31(43)39-18-24(44-28-11-10-22(34)17-37-28)15-26(39)27(40)13-21(29(41)30(36)42)12-20-8-7-9-20/h10-11,17,20-21,24-26H,7-9,12-16,18H2,1-6H3,(H2,36,42)/t21?,24-,25-,26+/m1/s1. The number of carbonyl (C=O) groups is 4. The van der Waals surface area contributed by atoms with E-state index in [2.05, 4.69) is 9.98 Å². The number of hydrogen-bond donors (Lipinski definition) is 1. The third-order valence-electron chi connectivity index (χ3n) is 8.53. The van der Waals surface area contributed by atoms with Crippen LogP contribution in [0.2, 0.25) is 5.02 Å². The van der Waals surface area contributed by atoms with Gasteiger partial charge in [0.05, 0.1) is 17.6 Å². The first kappa shape index (κ1) is 35.2. The summed E-state index contributed by atoms with van der Waals surface area (Å²) < 4.78 is 6.10. The van der Waals surface area contributed by atoms with E-state index >= 15 is 0 Å². The Hall–Kier alpha value is -3.32. The third kappa shape index (κ3) is 9.85. The summed E-state index contributed by atoms with van der Waals surface area (Å²) in [6.07, 6.45) is 7.01. The van der Waals surface area contributed by atoms with Crippen molar-refractivity contribution in [1.29, 1.82) is 5.26 Å². The smallest absolute Gasteiger partial charge is 0.285 e. The number of halogens is 1. The molecule has 1 saturated heterocycles. The zero-order valence-electron chi connectivity index (χ0n) is 26.8. The molecule has 2 heterocycles. The van der Waals surface area contributed by atoms with Crippen LogP contribution in [0.4, 0.5) is 0 Å². The highest BCUT2D eigenvalue weighted by atomic mass is 35.5. The Morgan fingerprint density at radius 3 is 2.34 bits per heavy atom. The van der Waals surface area contributed by atoms with Crippen LogP contribution in [-0.4, -0.2) is 57.7 Å². The highest BCUT2D eigenvalue weighted by Gasteiger charge is 2.46. The lowest BCUT2D eigenvalue weighted by atomic mass is 9.74. The summed E-state index contributed by atoms with van der Waals surface area (Å²) >= 11 is 5.98. The van der Waals surface area contributed by atoms with E-state index in [4.69, 9.17) is 22.1 Å². The van der Waals surface area contributed by atoms with Crippen LogP contribution in [0.3, 0.4) is 0 Å². The molecule has 2 amide bonds. The lowest BCUT2D eigenvalue weighted by Gasteiger charge is -2.36. The molecular weight excluding hydrogens is 582 g/mol. The number of rotatable bonds is 13. The number of aromatic nitrogens is 1. The van der Waals surface area contributed by atoms with Gasteiger partial charge < -0.3 is 15.4 Å². The van der Waals surface area contributed by atoms with Crippen LogP contribution >= 0.6 is 11.6 Å². The minimum absolute atomic E-state index is 0.132. The molecular formula is C33H46ClN5O5. The molecule has 1 aliphatic carbocycles. The van der Waals surface area contributed by atoms with Crippen LogP contribution in [0.1, 0.15) is 92.9 Å². The van der Waals surface area contributed by atoms with Crippen LogP contribution in [0.15, 0.2) is 23.3 Å². The van der Waals surface area contributed by atoms with Crippen LogP contribution in [0, 0.1) is 40.0 Å². The summed E-state index contributed by atoms with van der Waals surface area (Å²) in [7, 11) is 0. The SMILES string of the molecule is CC(C)(C)CC(C[C@H](C(=O)N1C[C@H](Oc2ccc(Cl)cn2)C[C@H]1C(=O)CC(CC1CCC1)C(=O)C(N)=O)C(C)(C)C)=NC#N. The summed E-state index contributed by atoms with van der Waals surface area (Å²) in [4.78, 5) is 62.8. The Kier molecular flexibility index (Phi) is 11.7. The topological polar surface area (TPSA) is 156 Å². The number of ether oxygens (including phenoxy) is 1. The number of amides is 2. The molecule has 0 bridgehead atoms. The van der Waals surface area contributed by atoms with Crippen LogP contribution in [0.5, 0.6) is 5.88 Å². The molecule has 1 aromatic rings. The fourth-order valence-corrected chi connectivity index (χ4v) is 6.18. The minimum Gasteiger partial charge on any atom is -0.472 e. The highest BCUT2D eigenvalue weighted by Crippen LogP contribution is 2.37. The van der Waals surface area contributed by atoms with Gasteiger partial charge in [-0.2, -0.15) is 10.3 Å². The summed E-state index contributed by atoms with van der Waals surface area (Å²) in [5.74, 6) is -3.16. The number of primary amides is 1. The molecule has 1 saturated carbocycles. The van der Waals surface area contributed by atoms with Crippen molar-refractivity contribution in [3.8, 4) is 12.1 Å². The largest absolute Gasteiger partial charge is 0.472 e. The number of hydrogen-bond acceptors (Lipinski definition) is 8. The quantitative estimate of drug-likeness (QED) is 0.176. The minimum atomic E-state index is -1.05. The van der Waals surface area contributed by atoms with Gasteiger partial charge in [-0.25, -0.2) is 4.98 Å². The summed E-state index contributed by atoms with van der Waals surface area (Å²) in [5, 5.41) is 9.84. The van der Waals surface area contributed by atoms with Crippen molar-refractivity contribution in [3.63, 3.8) is 0 Å². The maximum Gasteiger partial charge on any atom is 0.285 e. The number of aliphatic imine (C=N–C) groups is 1. The highest BCUT2D eigenvalue weighted by molar-refractivity contribution is 6.36. The van der Waals surface area contributed by atoms with Crippen LogP contribution < -0.4 is 10.5 Å². The maximum atomic E-state index is 14.4. The van der Waals surface area contributed by atoms with E-state index in [1.807, 2.05) is 47.7 Å². The molecule has 4 atom stereocenters. The van der Waals surface area contributed by atoms with E-state index in [9.17, 15) is 24.4 Å². The average Bonchev–Trinajstić information content (AvgIpc) is 3.31. The Morgan fingerprint density at radius 2 is 1.84 bits per heavy atom. The molecule has 0 radical (unpaired) electrons. The molecule has 2 aliphatic rings. The normalized spacial score (nSPS) is 20.8. The Labute approximate surface area is 265 Å². The first-order valence-corrected chi connectivity index (χ1v) is 15.8. The number of ketones is 2. The van der Waals surface area contributed by atoms with Gasteiger partial charge >= 0.3 is 0 Å². The van der Waals surface area contributed by atoms with Crippen molar-refractivity contribution in [2.45, 2.75) is 105 Å². The summed E-state index contributed by atoms with van der Waals surface area (Å²) in [6, 6.07) is 2.40. The predicted molar refractivity (Wildman–Crippen MR) is 168 cm³/mol. The van der Waals surface area contributed by atoms with Gasteiger partial charge in [0.1, 0.15) is 6.10 Å². The van der Waals surface area contributed by atoms with E-state index < -0.39 is 41.1 Å². The molecule has 44 heavy (non-hydrogen) atoms. The Balaban J connectivity index is 1.93. The summed E-state index contributed by atoms with van der Waals surface area (Å²) in [6.45, 7) is 12.1. The maximum absolute atomic E-state index is 14.4. The number of Topliss-reactive ketones (excluding diaryl/α,β-unsaturated/α-hetero) is 2. The molecule has 10 nitrogen and oxygen atoms in total. The number of likely N-dealkylation sites (tertiary alicyclic amines) is 1. The number of carbonyl (C=O) groups excluding carboxylic acids is 4. The number of pyridine rings is 1. The lowest BCUT2D eigenvalue weighted by Crippen LogP contribution is -2.48. The third-order valence-corrected chi connectivity index (χ3v) is 8.76. The van der Waals surface area contributed by atoms with E-state index in [-0.39, 0.29) is 48.8 Å². The van der Waals surface area contributed by atoms with Crippen molar-refractivity contribution in [1.82, 2.24) is 9.88 Å². The molecule has 1 aromatic heterocycles. The first-order valence-electron chi connectivity index (χ1n) is 15.4. The second kappa shape index (κ2) is 14.6. The second-order valence-electron chi connectivity index (χ2n) is 14.6. The van der Waals surface area contributed by atoms with Crippen LogP contribution in [-0.2, 0) is 19.2 Å². The zero-order chi connectivity index (χ0) is 32.8. The van der Waals surface area contributed by atoms with Gasteiger partial charge in [0, 0.05) is 42.7 Å². The first-order chi connectivity index (χ1) is 20.5. The predicted octanol–water partition coefficient (Wildman–Crippen LogP) is 5.31. The lowest BCUT2D eigenvalue weighted by molar-refractivity contribution is -0.145. The van der Waals surface area contributed by atoms with Gasteiger partial charge in [0.15, 0.2) is 5.78 Å². The van der Waals surface area contributed by atoms with Gasteiger partial charge in [0.2, 0.25) is 23.8 Å². The number of nitrogens with two attached hydrogens (primary N) is 1. The number of nitrogens with zero attached hydrogens (tertiary/aromatic N) is 4. The molecule has 2 N–H and O–H groups in total. The Bertz CT molecular complexity index is 1290. The monoisotopic (exact) mass is 627 g/mol. The van der Waals surface area contributed by atoms with Crippen molar-refractivity contribution in [2.24, 2.45) is 39.3 Å². The number of nitriles is 1. The molecule has 240 valence electrons. The van der Waals surface area contributed by atoms with Gasteiger partial charge in [0.25, 0.3) is 5.91 Å². The summed E-state index contributed by atoms with van der Waals surface area (Å²) in [5.41, 5.74) is 5.31. The van der Waals surface area contributed by atoms with Gasteiger partial charge in [-0.3, -0.25) is 19.2 Å². The average molecular weight is 628 g/mol. The van der Waals surface area contributed by atoms with Crippen LogP contribution in [0.25, 0.3) is 0 Å². The van der Waals surface area contributed by atoms with E-state index in [0.29, 0.717) is 29.5 Å². The van der Waals surface area contributed by atoms with E-state index in [1.165, 1.54) is 6.20 Å². The molecule has 1 aliphatic heterocycles. The molecule has 1 unspecified atom stereocenters.